The summed E-state index contributed by atoms with van der Waals surface area (Å²) in [5.74, 6) is -0.0423. The van der Waals surface area contributed by atoms with Crippen LogP contribution in [0.25, 0.3) is 22.2 Å². The van der Waals surface area contributed by atoms with E-state index in [1.807, 2.05) is 54.6 Å². The maximum Gasteiger partial charge on any atom is 0.252 e. The summed E-state index contributed by atoms with van der Waals surface area (Å²) in [6.07, 6.45) is 5.88. The van der Waals surface area contributed by atoms with Crippen molar-refractivity contribution >= 4 is 28.4 Å². The molecule has 0 saturated carbocycles. The monoisotopic (exact) mass is 380 g/mol. The lowest BCUT2D eigenvalue weighted by Crippen LogP contribution is -2.24. The summed E-state index contributed by atoms with van der Waals surface area (Å²) >= 11 is 5.99. The second kappa shape index (κ2) is 9.52. The molecule has 0 atom stereocenters. The van der Waals surface area contributed by atoms with Crippen LogP contribution < -0.4 is 5.32 Å². The molecule has 3 rings (SSSR count). The molecule has 1 aromatic heterocycles. The van der Waals surface area contributed by atoms with Crippen LogP contribution in [0.4, 0.5) is 0 Å². The number of aromatic nitrogens is 1. The first-order chi connectivity index (χ1) is 13.2. The van der Waals surface area contributed by atoms with Gasteiger partial charge in [0.1, 0.15) is 0 Å². The molecule has 4 heteroatoms. The van der Waals surface area contributed by atoms with Gasteiger partial charge in [-0.25, -0.2) is 4.98 Å². The number of carbonyl (C=O) groups excluding carboxylic acids is 1. The Kier molecular flexibility index (Phi) is 6.83. The van der Waals surface area contributed by atoms with Crippen molar-refractivity contribution in [2.75, 3.05) is 6.54 Å². The molecule has 0 fully saturated rings. The molecule has 1 N–H and O–H groups in total. The van der Waals surface area contributed by atoms with Crippen LogP contribution in [-0.4, -0.2) is 17.4 Å². The quantitative estimate of drug-likeness (QED) is 0.469. The number of fused-ring (bicyclic) bond motifs is 1. The first-order valence-electron chi connectivity index (χ1n) is 9.63. The van der Waals surface area contributed by atoms with E-state index in [2.05, 4.69) is 12.2 Å². The maximum atomic E-state index is 12.8. The van der Waals surface area contributed by atoms with Gasteiger partial charge in [0.2, 0.25) is 0 Å². The van der Waals surface area contributed by atoms with Crippen LogP contribution in [0.1, 0.15) is 49.4 Å². The highest BCUT2D eigenvalue weighted by molar-refractivity contribution is 6.30. The number of nitrogens with zero attached hydrogens (tertiary/aromatic N) is 1. The molecule has 0 bridgehead atoms. The molecule has 2 aromatic carbocycles. The molecule has 0 aliphatic rings. The predicted octanol–water partition coefficient (Wildman–Crippen LogP) is 6.26. The summed E-state index contributed by atoms with van der Waals surface area (Å²) in [5, 5.41) is 4.62. The molecule has 0 spiro atoms. The molecule has 0 aliphatic carbocycles. The van der Waals surface area contributed by atoms with E-state index in [1.165, 1.54) is 19.3 Å². The molecule has 3 nitrogen and oxygen atoms in total. The Morgan fingerprint density at radius 3 is 2.52 bits per heavy atom. The highest BCUT2D eigenvalue weighted by atomic mass is 35.5. The highest BCUT2D eigenvalue weighted by Crippen LogP contribution is 2.26. The van der Waals surface area contributed by atoms with Crippen molar-refractivity contribution in [1.82, 2.24) is 10.3 Å². The Morgan fingerprint density at radius 1 is 1.00 bits per heavy atom. The SMILES string of the molecule is CCCCCCCNC(=O)c1cc(-c2ccc(Cl)cc2)nc2ccccc12. The Bertz CT molecular complexity index is 906. The van der Waals surface area contributed by atoms with E-state index in [1.54, 1.807) is 0 Å². The van der Waals surface area contributed by atoms with Crippen LogP contribution in [0, 0.1) is 0 Å². The summed E-state index contributed by atoms with van der Waals surface area (Å²) < 4.78 is 0. The van der Waals surface area contributed by atoms with Gasteiger partial charge in [0.15, 0.2) is 0 Å². The molecule has 1 amide bonds. The van der Waals surface area contributed by atoms with Gasteiger partial charge in [0.25, 0.3) is 5.91 Å². The number of para-hydroxylation sites is 1. The Morgan fingerprint density at radius 2 is 1.74 bits per heavy atom. The second-order valence-electron chi connectivity index (χ2n) is 6.75. The van der Waals surface area contributed by atoms with Crippen molar-refractivity contribution in [3.8, 4) is 11.3 Å². The number of hydrogen-bond acceptors (Lipinski definition) is 2. The van der Waals surface area contributed by atoms with Crippen molar-refractivity contribution in [2.24, 2.45) is 0 Å². The number of unbranched alkanes of at least 4 members (excludes halogenated alkanes) is 4. The van der Waals surface area contributed by atoms with Gasteiger partial charge in [-0.05, 0) is 30.7 Å². The summed E-state index contributed by atoms with van der Waals surface area (Å²) in [6.45, 7) is 2.91. The van der Waals surface area contributed by atoms with E-state index in [9.17, 15) is 4.79 Å². The van der Waals surface area contributed by atoms with E-state index >= 15 is 0 Å². The number of pyridine rings is 1. The number of halogens is 1. The summed E-state index contributed by atoms with van der Waals surface area (Å²) in [7, 11) is 0. The molecular weight excluding hydrogens is 356 g/mol. The second-order valence-corrected chi connectivity index (χ2v) is 7.19. The van der Waals surface area contributed by atoms with Crippen molar-refractivity contribution < 1.29 is 4.79 Å². The molecule has 0 saturated heterocycles. The molecule has 140 valence electrons. The first kappa shape index (κ1) is 19.4. The minimum atomic E-state index is -0.0423. The van der Waals surface area contributed by atoms with Crippen LogP contribution >= 0.6 is 11.6 Å². The van der Waals surface area contributed by atoms with Crippen LogP contribution in [-0.2, 0) is 0 Å². The minimum Gasteiger partial charge on any atom is -0.352 e. The Labute approximate surface area is 165 Å². The fourth-order valence-electron chi connectivity index (χ4n) is 3.16. The lowest BCUT2D eigenvalue weighted by atomic mass is 10.0. The normalized spacial score (nSPS) is 10.9. The first-order valence-corrected chi connectivity index (χ1v) is 10.0. The van der Waals surface area contributed by atoms with Crippen LogP contribution in [0.15, 0.2) is 54.6 Å². The van der Waals surface area contributed by atoms with Crippen LogP contribution in [0.5, 0.6) is 0 Å². The number of rotatable bonds is 8. The third-order valence-corrected chi connectivity index (χ3v) is 4.92. The Balaban J connectivity index is 1.82. The summed E-state index contributed by atoms with van der Waals surface area (Å²) in [4.78, 5) is 17.6. The third kappa shape index (κ3) is 5.08. The summed E-state index contributed by atoms with van der Waals surface area (Å²) in [5.41, 5.74) is 3.20. The molecule has 0 unspecified atom stereocenters. The molecule has 0 radical (unpaired) electrons. The molecule has 3 aromatic rings. The van der Waals surface area contributed by atoms with Crippen molar-refractivity contribution in [2.45, 2.75) is 39.0 Å². The number of hydrogen-bond donors (Lipinski definition) is 1. The zero-order valence-corrected chi connectivity index (χ0v) is 16.4. The molecular formula is C23H25ClN2O. The fourth-order valence-corrected chi connectivity index (χ4v) is 3.28. The van der Waals surface area contributed by atoms with E-state index in [-0.39, 0.29) is 5.91 Å². The molecule has 27 heavy (non-hydrogen) atoms. The van der Waals surface area contributed by atoms with Gasteiger partial charge in [-0.1, -0.05) is 74.5 Å². The molecule has 1 heterocycles. The zero-order valence-electron chi connectivity index (χ0n) is 15.7. The fraction of sp³-hybridized carbons (Fsp3) is 0.304. The standard InChI is InChI=1S/C23H25ClN2O/c1-2-3-4-5-8-15-25-23(27)20-16-22(17-11-13-18(24)14-12-17)26-21-10-7-6-9-19(20)21/h6-7,9-14,16H,2-5,8,15H2,1H3,(H,25,27). The van der Waals surface area contributed by atoms with E-state index in [0.717, 1.165) is 35.0 Å². The summed E-state index contributed by atoms with van der Waals surface area (Å²) in [6, 6.07) is 17.2. The van der Waals surface area contributed by atoms with Crippen LogP contribution in [0.3, 0.4) is 0 Å². The lowest BCUT2D eigenvalue weighted by molar-refractivity contribution is 0.0954. The van der Waals surface area contributed by atoms with Crippen molar-refractivity contribution in [3.63, 3.8) is 0 Å². The smallest absolute Gasteiger partial charge is 0.252 e. The van der Waals surface area contributed by atoms with Crippen LogP contribution in [0.2, 0.25) is 5.02 Å². The average Bonchev–Trinajstić information content (AvgIpc) is 2.70. The van der Waals surface area contributed by atoms with E-state index in [0.29, 0.717) is 17.1 Å². The lowest BCUT2D eigenvalue weighted by Gasteiger charge is -2.11. The van der Waals surface area contributed by atoms with Gasteiger partial charge in [0, 0.05) is 22.5 Å². The topological polar surface area (TPSA) is 42.0 Å². The minimum absolute atomic E-state index is 0.0423. The van der Waals surface area contributed by atoms with Gasteiger partial charge in [0.05, 0.1) is 16.8 Å². The number of carbonyl (C=O) groups is 1. The third-order valence-electron chi connectivity index (χ3n) is 4.67. The van der Waals surface area contributed by atoms with E-state index < -0.39 is 0 Å². The zero-order chi connectivity index (χ0) is 19.1. The van der Waals surface area contributed by atoms with Crippen molar-refractivity contribution in [1.29, 1.82) is 0 Å². The van der Waals surface area contributed by atoms with Gasteiger partial charge in [-0.3, -0.25) is 4.79 Å². The molecule has 0 aliphatic heterocycles. The van der Waals surface area contributed by atoms with Gasteiger partial charge < -0.3 is 5.32 Å². The van der Waals surface area contributed by atoms with E-state index in [4.69, 9.17) is 16.6 Å². The maximum absolute atomic E-state index is 12.8. The number of benzene rings is 2. The average molecular weight is 381 g/mol. The number of amides is 1. The highest BCUT2D eigenvalue weighted by Gasteiger charge is 2.13. The largest absolute Gasteiger partial charge is 0.352 e. The van der Waals surface area contributed by atoms with Crippen molar-refractivity contribution in [3.05, 3.63) is 65.2 Å². The predicted molar refractivity (Wildman–Crippen MR) is 113 cm³/mol. The Hall–Kier alpha value is -2.39. The number of nitrogens with one attached hydrogen (secondary N) is 1. The van der Waals surface area contributed by atoms with Gasteiger partial charge in [-0.2, -0.15) is 0 Å². The van der Waals surface area contributed by atoms with Gasteiger partial charge >= 0.3 is 0 Å². The van der Waals surface area contributed by atoms with Gasteiger partial charge in [-0.15, -0.1) is 0 Å².